The lowest BCUT2D eigenvalue weighted by atomic mass is 10.2. The summed E-state index contributed by atoms with van der Waals surface area (Å²) in [5, 5.41) is 0.340. The van der Waals surface area contributed by atoms with Crippen LogP contribution in [0, 0.1) is 6.92 Å². The van der Waals surface area contributed by atoms with Gasteiger partial charge >= 0.3 is 0 Å². The molecule has 1 heterocycles. The Hall–Kier alpha value is -1.16. The molecule has 0 radical (unpaired) electrons. The van der Waals surface area contributed by atoms with Crippen molar-refractivity contribution in [2.24, 2.45) is 0 Å². The molecule has 1 aliphatic rings. The van der Waals surface area contributed by atoms with Crippen LogP contribution in [0.4, 0.5) is 0 Å². The van der Waals surface area contributed by atoms with Crippen molar-refractivity contribution >= 4 is 43.2 Å². The van der Waals surface area contributed by atoms with Crippen LogP contribution in [0.2, 0.25) is 10.0 Å². The monoisotopic (exact) mass is 448 g/mol. The van der Waals surface area contributed by atoms with E-state index in [1.807, 2.05) is 6.92 Å². The first-order chi connectivity index (χ1) is 12.6. The van der Waals surface area contributed by atoms with Crippen LogP contribution < -0.4 is 0 Å². The number of nitrogens with zero attached hydrogens (tertiary/aromatic N) is 2. The lowest BCUT2D eigenvalue weighted by Gasteiger charge is -2.33. The van der Waals surface area contributed by atoms with Crippen LogP contribution in [0.25, 0.3) is 0 Å². The van der Waals surface area contributed by atoms with Crippen molar-refractivity contribution in [3.8, 4) is 0 Å². The number of hydrogen-bond acceptors (Lipinski definition) is 4. The fourth-order valence-corrected chi connectivity index (χ4v) is 6.41. The second-order valence-corrected chi connectivity index (χ2v) is 10.9. The van der Waals surface area contributed by atoms with Gasteiger partial charge in [0.1, 0.15) is 4.90 Å². The molecule has 0 amide bonds. The third-order valence-electron chi connectivity index (χ3n) is 4.37. The molecular formula is C17H18Cl2N2O4S2. The van der Waals surface area contributed by atoms with E-state index in [4.69, 9.17) is 23.2 Å². The number of halogens is 2. The fourth-order valence-electron chi connectivity index (χ4n) is 2.82. The van der Waals surface area contributed by atoms with Crippen LogP contribution in [0.15, 0.2) is 52.3 Å². The lowest BCUT2D eigenvalue weighted by Crippen LogP contribution is -2.50. The Bertz CT molecular complexity index is 1050. The highest BCUT2D eigenvalue weighted by molar-refractivity contribution is 7.89. The summed E-state index contributed by atoms with van der Waals surface area (Å²) in [6.07, 6.45) is 0. The Balaban J connectivity index is 1.78. The normalized spacial score (nSPS) is 17.1. The molecule has 0 bridgehead atoms. The van der Waals surface area contributed by atoms with Crippen LogP contribution in [0.1, 0.15) is 5.56 Å². The molecule has 0 N–H and O–H groups in total. The number of benzene rings is 2. The van der Waals surface area contributed by atoms with Crippen LogP contribution in [0.3, 0.4) is 0 Å². The molecule has 0 saturated carbocycles. The first kappa shape index (κ1) is 20.6. The zero-order valence-corrected chi connectivity index (χ0v) is 17.6. The minimum absolute atomic E-state index is 0.0380. The van der Waals surface area contributed by atoms with E-state index in [0.717, 1.165) is 5.56 Å². The van der Waals surface area contributed by atoms with Crippen molar-refractivity contribution in [3.05, 3.63) is 58.1 Å². The second kappa shape index (κ2) is 7.69. The first-order valence-corrected chi connectivity index (χ1v) is 11.8. The number of piperazine rings is 1. The molecule has 27 heavy (non-hydrogen) atoms. The highest BCUT2D eigenvalue weighted by Crippen LogP contribution is 2.29. The van der Waals surface area contributed by atoms with Gasteiger partial charge < -0.3 is 0 Å². The number of rotatable bonds is 4. The largest absolute Gasteiger partial charge is 0.244 e. The smallest absolute Gasteiger partial charge is 0.207 e. The summed E-state index contributed by atoms with van der Waals surface area (Å²) in [6, 6.07) is 10.8. The van der Waals surface area contributed by atoms with Crippen molar-refractivity contribution in [3.63, 3.8) is 0 Å². The first-order valence-electron chi connectivity index (χ1n) is 8.14. The molecule has 0 unspecified atom stereocenters. The van der Waals surface area contributed by atoms with E-state index in [0.29, 0.717) is 0 Å². The van der Waals surface area contributed by atoms with Crippen LogP contribution in [0.5, 0.6) is 0 Å². The summed E-state index contributed by atoms with van der Waals surface area (Å²) >= 11 is 11.9. The number of hydrogen-bond donors (Lipinski definition) is 0. The van der Waals surface area contributed by atoms with E-state index < -0.39 is 20.0 Å². The molecule has 10 heteroatoms. The number of aryl methyl sites for hydroxylation is 1. The van der Waals surface area contributed by atoms with Crippen molar-refractivity contribution in [2.75, 3.05) is 26.2 Å². The molecular weight excluding hydrogens is 431 g/mol. The summed E-state index contributed by atoms with van der Waals surface area (Å²) in [5.74, 6) is 0. The Morgan fingerprint density at radius 1 is 0.778 bits per heavy atom. The van der Waals surface area contributed by atoms with Gasteiger partial charge in [-0.1, -0.05) is 40.9 Å². The minimum Gasteiger partial charge on any atom is -0.207 e. The third-order valence-corrected chi connectivity index (χ3v) is 8.90. The third kappa shape index (κ3) is 4.16. The Morgan fingerprint density at radius 3 is 1.85 bits per heavy atom. The van der Waals surface area contributed by atoms with Crippen molar-refractivity contribution in [1.82, 2.24) is 8.61 Å². The quantitative estimate of drug-likeness (QED) is 0.720. The maximum atomic E-state index is 12.8. The van der Waals surface area contributed by atoms with E-state index in [1.54, 1.807) is 24.3 Å². The standard InChI is InChI=1S/C17H18Cl2N2O4S2/c1-13-2-5-15(6-3-13)26(22,23)20-8-10-21(11-9-20)27(24,25)17-12-14(18)4-7-16(17)19/h2-7,12H,8-11H2,1H3. The van der Waals surface area contributed by atoms with E-state index in [-0.39, 0.29) is 46.0 Å². The average Bonchev–Trinajstić information content (AvgIpc) is 2.64. The molecule has 0 aliphatic carbocycles. The summed E-state index contributed by atoms with van der Waals surface area (Å²) < 4.78 is 53.7. The van der Waals surface area contributed by atoms with E-state index in [9.17, 15) is 16.8 Å². The highest BCUT2D eigenvalue weighted by atomic mass is 35.5. The van der Waals surface area contributed by atoms with Gasteiger partial charge in [-0.05, 0) is 37.3 Å². The zero-order valence-electron chi connectivity index (χ0n) is 14.5. The molecule has 1 aliphatic heterocycles. The van der Waals surface area contributed by atoms with Gasteiger partial charge in [0.25, 0.3) is 0 Å². The average molecular weight is 449 g/mol. The van der Waals surface area contributed by atoms with E-state index in [1.165, 1.54) is 26.8 Å². The van der Waals surface area contributed by atoms with Gasteiger partial charge in [0, 0.05) is 31.2 Å². The van der Waals surface area contributed by atoms with Crippen molar-refractivity contribution in [1.29, 1.82) is 0 Å². The topological polar surface area (TPSA) is 74.8 Å². The molecule has 0 spiro atoms. The van der Waals surface area contributed by atoms with Gasteiger partial charge in [-0.2, -0.15) is 8.61 Å². The minimum atomic E-state index is -3.86. The Kier molecular flexibility index (Phi) is 5.86. The van der Waals surface area contributed by atoms with Crippen molar-refractivity contribution < 1.29 is 16.8 Å². The van der Waals surface area contributed by atoms with E-state index >= 15 is 0 Å². The summed E-state index contributed by atoms with van der Waals surface area (Å²) in [6.45, 7) is 2.08. The second-order valence-electron chi connectivity index (χ2n) is 6.20. The zero-order chi connectivity index (χ0) is 19.8. The molecule has 2 aromatic carbocycles. The van der Waals surface area contributed by atoms with Gasteiger partial charge in [0.15, 0.2) is 0 Å². The molecule has 1 fully saturated rings. The van der Waals surface area contributed by atoms with Gasteiger partial charge in [-0.3, -0.25) is 0 Å². The molecule has 0 atom stereocenters. The van der Waals surface area contributed by atoms with Crippen molar-refractivity contribution in [2.45, 2.75) is 16.7 Å². The highest BCUT2D eigenvalue weighted by Gasteiger charge is 2.34. The molecule has 3 rings (SSSR count). The summed E-state index contributed by atoms with van der Waals surface area (Å²) in [4.78, 5) is 0.119. The predicted octanol–water partition coefficient (Wildman–Crippen LogP) is 3.00. The van der Waals surface area contributed by atoms with E-state index in [2.05, 4.69) is 0 Å². The van der Waals surface area contributed by atoms with Gasteiger partial charge in [-0.25, -0.2) is 16.8 Å². The fraction of sp³-hybridized carbons (Fsp3) is 0.294. The van der Waals surface area contributed by atoms with Gasteiger partial charge in [0.2, 0.25) is 20.0 Å². The number of sulfonamides is 2. The van der Waals surface area contributed by atoms with Crippen LogP contribution in [-0.2, 0) is 20.0 Å². The Morgan fingerprint density at radius 2 is 1.30 bits per heavy atom. The molecule has 6 nitrogen and oxygen atoms in total. The summed E-state index contributed by atoms with van der Waals surface area (Å²) in [7, 11) is -7.52. The molecule has 2 aromatic rings. The van der Waals surface area contributed by atoms with Gasteiger partial charge in [0.05, 0.1) is 9.92 Å². The van der Waals surface area contributed by atoms with Crippen LogP contribution in [-0.4, -0.2) is 51.6 Å². The van der Waals surface area contributed by atoms with Crippen LogP contribution >= 0.6 is 23.2 Å². The van der Waals surface area contributed by atoms with Gasteiger partial charge in [-0.15, -0.1) is 0 Å². The molecule has 0 aromatic heterocycles. The molecule has 1 saturated heterocycles. The summed E-state index contributed by atoms with van der Waals surface area (Å²) in [5.41, 5.74) is 0.961. The SMILES string of the molecule is Cc1ccc(S(=O)(=O)N2CCN(S(=O)(=O)c3cc(Cl)ccc3Cl)CC2)cc1. The predicted molar refractivity (Wildman–Crippen MR) is 105 cm³/mol. The lowest BCUT2D eigenvalue weighted by molar-refractivity contribution is 0.273. The molecule has 146 valence electrons. The maximum absolute atomic E-state index is 12.8. The maximum Gasteiger partial charge on any atom is 0.244 e. The Labute approximate surface area is 169 Å².